The minimum absolute atomic E-state index is 0.0463. The lowest BCUT2D eigenvalue weighted by Crippen LogP contribution is -2.42. The van der Waals surface area contributed by atoms with Crippen molar-refractivity contribution in [2.24, 2.45) is 0 Å². The van der Waals surface area contributed by atoms with Gasteiger partial charge < -0.3 is 16.0 Å². The zero-order valence-electron chi connectivity index (χ0n) is 21.2. The molecule has 0 radical (unpaired) electrons. The Hall–Kier alpha value is -4.76. The number of nitrogens with two attached hydrogens (primary N) is 1. The molecule has 1 aliphatic rings. The molecule has 1 fully saturated rings. The molecular formula is C26H18F8N6O2. The van der Waals surface area contributed by atoms with E-state index in [1.807, 2.05) is 0 Å². The predicted octanol–water partition coefficient (Wildman–Crippen LogP) is 4.45. The van der Waals surface area contributed by atoms with Crippen molar-refractivity contribution in [3.05, 3.63) is 82.2 Å². The van der Waals surface area contributed by atoms with Crippen LogP contribution in [0.4, 0.5) is 40.9 Å². The summed E-state index contributed by atoms with van der Waals surface area (Å²) in [5, 5.41) is 6.09. The molecule has 3 heterocycles. The van der Waals surface area contributed by atoms with Crippen molar-refractivity contribution < 1.29 is 44.7 Å². The Bertz CT molecular complexity index is 1760. The Morgan fingerprint density at radius 3 is 2.33 bits per heavy atom. The number of halogens is 8. The number of hydrogen-bond donors (Lipinski definition) is 2. The molecule has 2 aromatic heterocycles. The van der Waals surface area contributed by atoms with Gasteiger partial charge in [0.1, 0.15) is 29.7 Å². The Labute approximate surface area is 230 Å². The smallest absolute Gasteiger partial charge is 0.382 e. The van der Waals surface area contributed by atoms with E-state index in [1.54, 1.807) is 0 Å². The first-order valence-electron chi connectivity index (χ1n) is 12.1. The van der Waals surface area contributed by atoms with Gasteiger partial charge in [0.15, 0.2) is 17.5 Å². The molecule has 4 aromatic rings. The van der Waals surface area contributed by atoms with E-state index in [0.717, 1.165) is 27.9 Å². The number of carbonyl (C=O) groups is 2. The highest BCUT2D eigenvalue weighted by Crippen LogP contribution is 2.39. The molecule has 0 saturated carbocycles. The summed E-state index contributed by atoms with van der Waals surface area (Å²) in [4.78, 5) is 30.1. The summed E-state index contributed by atoms with van der Waals surface area (Å²) in [6.07, 6.45) is -5.91. The summed E-state index contributed by atoms with van der Waals surface area (Å²) in [5.74, 6) is -8.00. The topological polar surface area (TPSA) is 106 Å². The summed E-state index contributed by atoms with van der Waals surface area (Å²) in [5.41, 5.74) is 1.89. The maximum atomic E-state index is 15.1. The summed E-state index contributed by atoms with van der Waals surface area (Å²) in [6, 6.07) is 1.62. The van der Waals surface area contributed by atoms with E-state index in [2.05, 4.69) is 15.4 Å². The number of fused-ring (bicyclic) bond motifs is 1. The van der Waals surface area contributed by atoms with Gasteiger partial charge in [-0.1, -0.05) is 0 Å². The van der Waals surface area contributed by atoms with E-state index < -0.39 is 100 Å². The second-order valence-corrected chi connectivity index (χ2v) is 9.55. The molecule has 0 bridgehead atoms. The summed E-state index contributed by atoms with van der Waals surface area (Å²) >= 11 is 0. The fraction of sp³-hybridized carbons (Fsp3) is 0.231. The van der Waals surface area contributed by atoms with Crippen molar-refractivity contribution in [1.29, 1.82) is 0 Å². The number of likely N-dealkylation sites (tertiary alicyclic amines) is 1. The highest BCUT2D eigenvalue weighted by molar-refractivity contribution is 5.98. The SMILES string of the molecule is Cc1cc(F)c(-c2cc(C(F)(F)F)c3c(N)ncnn23)cc1C(=O)NC1CN(C(=O)c2cc(F)c(F)cc2F)CC1F. The van der Waals surface area contributed by atoms with Crippen molar-refractivity contribution in [3.8, 4) is 11.3 Å². The van der Waals surface area contributed by atoms with Crippen molar-refractivity contribution in [1.82, 2.24) is 24.8 Å². The van der Waals surface area contributed by atoms with Crippen LogP contribution in [-0.4, -0.2) is 56.6 Å². The number of anilines is 1. The van der Waals surface area contributed by atoms with Crippen LogP contribution in [-0.2, 0) is 6.18 Å². The van der Waals surface area contributed by atoms with E-state index in [4.69, 9.17) is 5.73 Å². The number of nitrogen functional groups attached to an aromatic ring is 1. The normalized spacial score (nSPS) is 17.2. The van der Waals surface area contributed by atoms with Crippen LogP contribution >= 0.6 is 0 Å². The van der Waals surface area contributed by atoms with Gasteiger partial charge in [-0.2, -0.15) is 18.3 Å². The van der Waals surface area contributed by atoms with Gasteiger partial charge >= 0.3 is 6.18 Å². The first-order valence-corrected chi connectivity index (χ1v) is 12.1. The van der Waals surface area contributed by atoms with E-state index in [9.17, 15) is 40.3 Å². The van der Waals surface area contributed by atoms with Gasteiger partial charge in [0.05, 0.1) is 29.4 Å². The number of benzene rings is 2. The lowest BCUT2D eigenvalue weighted by Gasteiger charge is -2.18. The molecule has 2 atom stereocenters. The van der Waals surface area contributed by atoms with Gasteiger partial charge in [0, 0.05) is 23.7 Å². The second-order valence-electron chi connectivity index (χ2n) is 9.55. The number of carbonyl (C=O) groups excluding carboxylic acids is 2. The third-order valence-electron chi connectivity index (χ3n) is 6.82. The third kappa shape index (κ3) is 4.96. The van der Waals surface area contributed by atoms with E-state index >= 15 is 4.39 Å². The van der Waals surface area contributed by atoms with Crippen LogP contribution in [0.5, 0.6) is 0 Å². The van der Waals surface area contributed by atoms with Crippen LogP contribution in [0.2, 0.25) is 0 Å². The van der Waals surface area contributed by atoms with Crippen LogP contribution in [0, 0.1) is 30.2 Å². The standard InChI is InChI=1S/C26H18F8N6O2/c1-10-2-15(27)12(21-5-14(26(32,33)34)22-23(35)36-9-37-40(21)22)3-11(10)24(41)38-20-8-39(7-19(20)31)25(42)13-4-17(29)18(30)6-16(13)28/h2-6,9,19-20H,7-8H2,1H3,(H,38,41)(H2,35,36,37). The van der Waals surface area contributed by atoms with Crippen molar-refractivity contribution in [2.45, 2.75) is 25.3 Å². The van der Waals surface area contributed by atoms with Crippen molar-refractivity contribution in [3.63, 3.8) is 0 Å². The van der Waals surface area contributed by atoms with E-state index in [0.29, 0.717) is 12.1 Å². The summed E-state index contributed by atoms with van der Waals surface area (Å²) < 4.78 is 113. The number of aryl methyl sites for hydroxylation is 1. The Morgan fingerprint density at radius 2 is 1.64 bits per heavy atom. The fourth-order valence-corrected chi connectivity index (χ4v) is 4.76. The van der Waals surface area contributed by atoms with Crippen molar-refractivity contribution in [2.75, 3.05) is 18.8 Å². The molecule has 0 spiro atoms. The molecule has 5 rings (SSSR count). The molecule has 42 heavy (non-hydrogen) atoms. The maximum absolute atomic E-state index is 15.1. The molecule has 0 aliphatic carbocycles. The molecule has 16 heteroatoms. The average Bonchev–Trinajstić information content (AvgIpc) is 3.47. The van der Waals surface area contributed by atoms with Gasteiger partial charge in [-0.25, -0.2) is 31.5 Å². The van der Waals surface area contributed by atoms with Gasteiger partial charge in [0.25, 0.3) is 11.8 Å². The molecule has 3 N–H and O–H groups in total. The van der Waals surface area contributed by atoms with Crippen molar-refractivity contribution >= 4 is 23.1 Å². The molecule has 2 unspecified atom stereocenters. The zero-order valence-corrected chi connectivity index (χ0v) is 21.2. The minimum atomic E-state index is -4.91. The number of hydrogen-bond acceptors (Lipinski definition) is 5. The van der Waals surface area contributed by atoms with Crippen LogP contribution < -0.4 is 11.1 Å². The second kappa shape index (κ2) is 10.3. The van der Waals surface area contributed by atoms with Crippen LogP contribution in [0.15, 0.2) is 36.7 Å². The largest absolute Gasteiger partial charge is 0.418 e. The number of nitrogens with zero attached hydrogens (tertiary/aromatic N) is 4. The number of aromatic nitrogens is 3. The third-order valence-corrected chi connectivity index (χ3v) is 6.82. The quantitative estimate of drug-likeness (QED) is 0.267. The van der Waals surface area contributed by atoms with E-state index in [-0.39, 0.29) is 17.2 Å². The first-order chi connectivity index (χ1) is 19.7. The van der Waals surface area contributed by atoms with E-state index in [1.165, 1.54) is 6.92 Å². The molecule has 2 aromatic carbocycles. The number of rotatable bonds is 4. The molecule has 2 amide bonds. The Balaban J connectivity index is 1.44. The van der Waals surface area contributed by atoms with Gasteiger partial charge in [0.2, 0.25) is 0 Å². The maximum Gasteiger partial charge on any atom is 0.418 e. The monoisotopic (exact) mass is 598 g/mol. The summed E-state index contributed by atoms with van der Waals surface area (Å²) in [6.45, 7) is 0.238. The first kappa shape index (κ1) is 28.8. The molecule has 220 valence electrons. The fourth-order valence-electron chi connectivity index (χ4n) is 4.76. The highest BCUT2D eigenvalue weighted by atomic mass is 19.4. The van der Waals surface area contributed by atoms with Gasteiger partial charge in [-0.3, -0.25) is 9.59 Å². The summed E-state index contributed by atoms with van der Waals surface area (Å²) in [7, 11) is 0. The molecule has 8 nitrogen and oxygen atoms in total. The Morgan fingerprint density at radius 1 is 0.952 bits per heavy atom. The minimum Gasteiger partial charge on any atom is -0.382 e. The average molecular weight is 598 g/mol. The van der Waals surface area contributed by atoms with Gasteiger partial charge in [-0.05, 0) is 36.8 Å². The number of amides is 2. The van der Waals surface area contributed by atoms with Crippen LogP contribution in [0.25, 0.3) is 16.8 Å². The van der Waals surface area contributed by atoms with Gasteiger partial charge in [-0.15, -0.1) is 0 Å². The number of nitrogens with one attached hydrogen (secondary N) is 1. The number of alkyl halides is 4. The van der Waals surface area contributed by atoms with Crippen LogP contribution in [0.3, 0.4) is 0 Å². The highest BCUT2D eigenvalue weighted by Gasteiger charge is 2.39. The molecule has 1 saturated heterocycles. The molecule has 1 aliphatic heterocycles. The predicted molar refractivity (Wildman–Crippen MR) is 131 cm³/mol. The Kier molecular flexibility index (Phi) is 7.02. The lowest BCUT2D eigenvalue weighted by atomic mass is 10.0. The van der Waals surface area contributed by atoms with Crippen LogP contribution in [0.1, 0.15) is 31.8 Å². The zero-order chi connectivity index (χ0) is 30.7. The lowest BCUT2D eigenvalue weighted by molar-refractivity contribution is -0.136. The molecular weight excluding hydrogens is 580 g/mol.